The van der Waals surface area contributed by atoms with Gasteiger partial charge in [0.05, 0.1) is 0 Å². The molecule has 0 saturated carbocycles. The highest BCUT2D eigenvalue weighted by molar-refractivity contribution is 6.06. The summed E-state index contributed by atoms with van der Waals surface area (Å²) < 4.78 is 5.43. The zero-order valence-corrected chi connectivity index (χ0v) is 24.0. The standard InChI is InChI=1S/C32H37N3O5/c1-20-15-21(2)28(22(3)16-20)33-29(37)26-17-25(18-27(36)19-26)23-7-9-24(10-8-23)30(38)34-11-13-35(14-12-34)31(39)40-32(4,5)6/h7-10,15-19,36H,11-14H2,1-6H3,(H,33,37). The van der Waals surface area contributed by atoms with Crippen molar-refractivity contribution in [3.8, 4) is 16.9 Å². The number of carbonyl (C=O) groups is 3. The molecule has 8 nitrogen and oxygen atoms in total. The van der Waals surface area contributed by atoms with E-state index >= 15 is 0 Å². The second kappa shape index (κ2) is 11.4. The average Bonchev–Trinajstić information content (AvgIpc) is 2.89. The fourth-order valence-corrected chi connectivity index (χ4v) is 4.88. The van der Waals surface area contributed by atoms with Gasteiger partial charge in [0.25, 0.3) is 11.8 Å². The Kier molecular flexibility index (Phi) is 8.18. The zero-order chi connectivity index (χ0) is 29.2. The molecule has 0 aromatic heterocycles. The van der Waals surface area contributed by atoms with Gasteiger partial charge in [-0.3, -0.25) is 9.59 Å². The minimum absolute atomic E-state index is 0.0250. The van der Waals surface area contributed by atoms with E-state index in [0.717, 1.165) is 27.9 Å². The van der Waals surface area contributed by atoms with Crippen LogP contribution in [0.3, 0.4) is 0 Å². The molecule has 3 aromatic rings. The van der Waals surface area contributed by atoms with Crippen LogP contribution in [0.1, 0.15) is 58.2 Å². The smallest absolute Gasteiger partial charge is 0.410 e. The van der Waals surface area contributed by atoms with Gasteiger partial charge in [-0.2, -0.15) is 0 Å². The molecule has 0 radical (unpaired) electrons. The molecule has 1 fully saturated rings. The van der Waals surface area contributed by atoms with E-state index in [2.05, 4.69) is 5.32 Å². The predicted molar refractivity (Wildman–Crippen MR) is 156 cm³/mol. The topological polar surface area (TPSA) is 99.2 Å². The Morgan fingerprint density at radius 1 is 0.775 bits per heavy atom. The van der Waals surface area contributed by atoms with Crippen molar-refractivity contribution < 1.29 is 24.2 Å². The lowest BCUT2D eigenvalue weighted by Gasteiger charge is -2.35. The van der Waals surface area contributed by atoms with E-state index in [9.17, 15) is 19.5 Å². The van der Waals surface area contributed by atoms with E-state index in [4.69, 9.17) is 4.74 Å². The van der Waals surface area contributed by atoms with E-state index in [1.807, 2.05) is 53.7 Å². The Hall–Kier alpha value is -4.33. The van der Waals surface area contributed by atoms with E-state index in [0.29, 0.717) is 42.9 Å². The normalized spacial score (nSPS) is 13.7. The Balaban J connectivity index is 1.44. The molecule has 0 atom stereocenters. The van der Waals surface area contributed by atoms with Gasteiger partial charge in [0, 0.05) is 43.0 Å². The number of hydrogen-bond acceptors (Lipinski definition) is 5. The van der Waals surface area contributed by atoms with E-state index in [1.54, 1.807) is 46.2 Å². The Labute approximate surface area is 235 Å². The molecule has 0 aliphatic carbocycles. The van der Waals surface area contributed by atoms with Crippen molar-refractivity contribution in [2.75, 3.05) is 31.5 Å². The van der Waals surface area contributed by atoms with Crippen LogP contribution in [-0.4, -0.2) is 64.6 Å². The number of aromatic hydroxyl groups is 1. The maximum Gasteiger partial charge on any atom is 0.410 e. The van der Waals surface area contributed by atoms with Crippen LogP contribution in [0.4, 0.5) is 10.5 Å². The molecule has 0 unspecified atom stereocenters. The van der Waals surface area contributed by atoms with Gasteiger partial charge < -0.3 is 25.0 Å². The number of anilines is 1. The second-order valence-corrected chi connectivity index (χ2v) is 11.3. The Morgan fingerprint density at radius 3 is 1.93 bits per heavy atom. The first kappa shape index (κ1) is 28.7. The molecule has 8 heteroatoms. The molecule has 210 valence electrons. The van der Waals surface area contributed by atoms with Gasteiger partial charge in [-0.1, -0.05) is 29.8 Å². The molecule has 1 aliphatic heterocycles. The van der Waals surface area contributed by atoms with Crippen LogP contribution in [0.25, 0.3) is 11.1 Å². The number of benzene rings is 3. The lowest BCUT2D eigenvalue weighted by atomic mass is 10.00. The van der Waals surface area contributed by atoms with Gasteiger partial charge in [-0.05, 0) is 94.1 Å². The van der Waals surface area contributed by atoms with Gasteiger partial charge in [0.1, 0.15) is 11.4 Å². The first-order valence-corrected chi connectivity index (χ1v) is 13.4. The van der Waals surface area contributed by atoms with Crippen molar-refractivity contribution in [2.24, 2.45) is 0 Å². The summed E-state index contributed by atoms with van der Waals surface area (Å²) in [6.45, 7) is 13.1. The second-order valence-electron chi connectivity index (χ2n) is 11.3. The third-order valence-corrected chi connectivity index (χ3v) is 6.78. The first-order chi connectivity index (χ1) is 18.8. The van der Waals surface area contributed by atoms with Crippen molar-refractivity contribution in [2.45, 2.75) is 47.1 Å². The number of phenolic OH excluding ortho intramolecular Hbond substituents is 1. The summed E-state index contributed by atoms with van der Waals surface area (Å²) in [7, 11) is 0. The number of rotatable bonds is 4. The highest BCUT2D eigenvalue weighted by atomic mass is 16.6. The van der Waals surface area contributed by atoms with Gasteiger partial charge in [-0.25, -0.2) is 4.79 Å². The average molecular weight is 544 g/mol. The molecule has 40 heavy (non-hydrogen) atoms. The van der Waals surface area contributed by atoms with E-state index in [-0.39, 0.29) is 23.7 Å². The molecular weight excluding hydrogens is 506 g/mol. The Bertz CT molecular complexity index is 1410. The van der Waals surface area contributed by atoms with Crippen LogP contribution >= 0.6 is 0 Å². The summed E-state index contributed by atoms with van der Waals surface area (Å²) in [6, 6.07) is 15.9. The predicted octanol–water partition coefficient (Wildman–Crippen LogP) is 5.93. The largest absolute Gasteiger partial charge is 0.508 e. The highest BCUT2D eigenvalue weighted by Crippen LogP contribution is 2.28. The fraction of sp³-hybridized carbons (Fsp3) is 0.344. The van der Waals surface area contributed by atoms with Crippen molar-refractivity contribution in [1.82, 2.24) is 9.80 Å². The lowest BCUT2D eigenvalue weighted by Crippen LogP contribution is -2.51. The Morgan fingerprint density at radius 2 is 1.35 bits per heavy atom. The number of phenols is 1. The number of ether oxygens (including phenoxy) is 1. The van der Waals surface area contributed by atoms with Crippen LogP contribution in [0, 0.1) is 20.8 Å². The van der Waals surface area contributed by atoms with Gasteiger partial charge >= 0.3 is 6.09 Å². The minimum atomic E-state index is -0.564. The number of aryl methyl sites for hydroxylation is 3. The summed E-state index contributed by atoms with van der Waals surface area (Å²) in [5.41, 5.74) is 5.54. The zero-order valence-electron chi connectivity index (χ0n) is 24.0. The minimum Gasteiger partial charge on any atom is -0.508 e. The van der Waals surface area contributed by atoms with Crippen LogP contribution in [0.15, 0.2) is 54.6 Å². The van der Waals surface area contributed by atoms with E-state index in [1.165, 1.54) is 6.07 Å². The van der Waals surface area contributed by atoms with Crippen LogP contribution in [0.2, 0.25) is 0 Å². The summed E-state index contributed by atoms with van der Waals surface area (Å²) in [6.07, 6.45) is -0.368. The van der Waals surface area contributed by atoms with Crippen molar-refractivity contribution in [3.05, 3.63) is 82.4 Å². The molecule has 2 N–H and O–H groups in total. The molecule has 3 amide bonds. The third-order valence-electron chi connectivity index (χ3n) is 6.78. The number of amides is 3. The monoisotopic (exact) mass is 543 g/mol. The lowest BCUT2D eigenvalue weighted by molar-refractivity contribution is 0.0141. The van der Waals surface area contributed by atoms with Gasteiger partial charge in [0.2, 0.25) is 0 Å². The van der Waals surface area contributed by atoms with Gasteiger partial charge in [0.15, 0.2) is 0 Å². The molecule has 0 spiro atoms. The number of nitrogens with zero attached hydrogens (tertiary/aromatic N) is 2. The third kappa shape index (κ3) is 6.81. The van der Waals surface area contributed by atoms with Crippen molar-refractivity contribution >= 4 is 23.6 Å². The number of hydrogen-bond donors (Lipinski definition) is 2. The van der Waals surface area contributed by atoms with Crippen LogP contribution < -0.4 is 5.32 Å². The first-order valence-electron chi connectivity index (χ1n) is 13.4. The fourth-order valence-electron chi connectivity index (χ4n) is 4.88. The molecule has 0 bridgehead atoms. The van der Waals surface area contributed by atoms with Crippen LogP contribution in [0.5, 0.6) is 5.75 Å². The molecular formula is C32H37N3O5. The molecule has 3 aromatic carbocycles. The summed E-state index contributed by atoms with van der Waals surface area (Å²) >= 11 is 0. The molecule has 1 heterocycles. The summed E-state index contributed by atoms with van der Waals surface area (Å²) in [5, 5.41) is 13.4. The summed E-state index contributed by atoms with van der Waals surface area (Å²) in [4.78, 5) is 41.8. The van der Waals surface area contributed by atoms with E-state index < -0.39 is 5.60 Å². The highest BCUT2D eigenvalue weighted by Gasteiger charge is 2.28. The van der Waals surface area contributed by atoms with Crippen molar-refractivity contribution in [1.29, 1.82) is 0 Å². The number of nitrogens with one attached hydrogen (secondary N) is 1. The molecule has 1 saturated heterocycles. The summed E-state index contributed by atoms with van der Waals surface area (Å²) in [5.74, 6) is -0.456. The van der Waals surface area contributed by atoms with Crippen molar-refractivity contribution in [3.63, 3.8) is 0 Å². The number of carbonyl (C=O) groups excluding carboxylic acids is 3. The quantitative estimate of drug-likeness (QED) is 0.425. The SMILES string of the molecule is Cc1cc(C)c(NC(=O)c2cc(O)cc(-c3ccc(C(=O)N4CCN(C(=O)OC(C)(C)C)CC4)cc3)c2)c(C)c1. The van der Waals surface area contributed by atoms with Gasteiger partial charge in [-0.15, -0.1) is 0 Å². The maximum absolute atomic E-state index is 13.1. The van der Waals surface area contributed by atoms with Crippen LogP contribution in [-0.2, 0) is 4.74 Å². The maximum atomic E-state index is 13.1. The molecule has 1 aliphatic rings. The molecule has 4 rings (SSSR count). The number of piperazine rings is 1.